The van der Waals surface area contributed by atoms with E-state index in [1.54, 1.807) is 0 Å². The van der Waals surface area contributed by atoms with Gasteiger partial charge in [-0.25, -0.2) is 0 Å². The van der Waals surface area contributed by atoms with E-state index in [1.165, 1.54) is 19.3 Å². The Morgan fingerprint density at radius 2 is 1.95 bits per heavy atom. The normalized spacial score (nSPS) is 17.2. The number of hydrogen-bond donors (Lipinski definition) is 2. The van der Waals surface area contributed by atoms with Gasteiger partial charge in [-0.05, 0) is 43.4 Å². The SMILES string of the molecule is CC(CN)C(=O)NCc1ccc(OC2CCCCC2)cc1. The van der Waals surface area contributed by atoms with Crippen LogP contribution in [0.5, 0.6) is 5.75 Å². The number of carbonyl (C=O) groups excluding carboxylic acids is 1. The maximum atomic E-state index is 11.7. The Balaban J connectivity index is 1.80. The Labute approximate surface area is 127 Å². The molecule has 1 atom stereocenters. The molecular weight excluding hydrogens is 264 g/mol. The summed E-state index contributed by atoms with van der Waals surface area (Å²) >= 11 is 0. The topological polar surface area (TPSA) is 64.4 Å². The van der Waals surface area contributed by atoms with Crippen LogP contribution < -0.4 is 15.8 Å². The molecule has 116 valence electrons. The van der Waals surface area contributed by atoms with Crippen molar-refractivity contribution < 1.29 is 9.53 Å². The van der Waals surface area contributed by atoms with Gasteiger partial charge in [-0.2, -0.15) is 0 Å². The van der Waals surface area contributed by atoms with Crippen molar-refractivity contribution in [2.45, 2.75) is 51.7 Å². The van der Waals surface area contributed by atoms with Crippen molar-refractivity contribution in [3.8, 4) is 5.75 Å². The van der Waals surface area contributed by atoms with E-state index in [0.29, 0.717) is 19.2 Å². The average Bonchev–Trinajstić information content (AvgIpc) is 2.54. The summed E-state index contributed by atoms with van der Waals surface area (Å²) < 4.78 is 5.99. The molecule has 1 fully saturated rings. The van der Waals surface area contributed by atoms with Crippen molar-refractivity contribution in [2.24, 2.45) is 11.7 Å². The molecule has 3 N–H and O–H groups in total. The van der Waals surface area contributed by atoms with E-state index in [9.17, 15) is 4.79 Å². The van der Waals surface area contributed by atoms with Crippen molar-refractivity contribution in [3.63, 3.8) is 0 Å². The van der Waals surface area contributed by atoms with Crippen LogP contribution in [-0.4, -0.2) is 18.6 Å². The molecule has 0 heterocycles. The van der Waals surface area contributed by atoms with E-state index in [1.807, 2.05) is 31.2 Å². The zero-order valence-corrected chi connectivity index (χ0v) is 12.8. The lowest BCUT2D eigenvalue weighted by molar-refractivity contribution is -0.124. The maximum absolute atomic E-state index is 11.7. The third kappa shape index (κ3) is 5.05. The van der Waals surface area contributed by atoms with Crippen molar-refractivity contribution in [1.29, 1.82) is 0 Å². The molecule has 0 spiro atoms. The first-order valence-corrected chi connectivity index (χ1v) is 7.92. The highest BCUT2D eigenvalue weighted by Gasteiger charge is 2.14. The van der Waals surface area contributed by atoms with E-state index in [-0.39, 0.29) is 11.8 Å². The quantitative estimate of drug-likeness (QED) is 0.846. The molecule has 1 aromatic rings. The predicted molar refractivity (Wildman–Crippen MR) is 84.0 cm³/mol. The standard InChI is InChI=1S/C17H26N2O2/c1-13(11-18)17(20)19-12-14-7-9-16(10-8-14)21-15-5-3-2-4-6-15/h7-10,13,15H,2-6,11-12,18H2,1H3,(H,19,20). The first-order valence-electron chi connectivity index (χ1n) is 7.92. The number of hydrogen-bond acceptors (Lipinski definition) is 3. The van der Waals surface area contributed by atoms with E-state index in [0.717, 1.165) is 24.2 Å². The number of nitrogens with one attached hydrogen (secondary N) is 1. The third-order valence-corrected chi connectivity index (χ3v) is 4.05. The summed E-state index contributed by atoms with van der Waals surface area (Å²) in [7, 11) is 0. The van der Waals surface area contributed by atoms with Crippen molar-refractivity contribution in [3.05, 3.63) is 29.8 Å². The van der Waals surface area contributed by atoms with E-state index < -0.39 is 0 Å². The molecule has 21 heavy (non-hydrogen) atoms. The number of nitrogens with two attached hydrogens (primary N) is 1. The zero-order valence-electron chi connectivity index (χ0n) is 12.8. The average molecular weight is 290 g/mol. The monoisotopic (exact) mass is 290 g/mol. The molecule has 0 aliphatic heterocycles. The van der Waals surface area contributed by atoms with Gasteiger partial charge in [0, 0.05) is 19.0 Å². The van der Waals surface area contributed by atoms with E-state index in [4.69, 9.17) is 10.5 Å². The molecule has 0 aromatic heterocycles. The highest BCUT2D eigenvalue weighted by atomic mass is 16.5. The van der Waals surface area contributed by atoms with Crippen LogP contribution in [0.15, 0.2) is 24.3 Å². The van der Waals surface area contributed by atoms with Crippen molar-refractivity contribution in [1.82, 2.24) is 5.32 Å². The van der Waals surface area contributed by atoms with Gasteiger partial charge in [-0.1, -0.05) is 25.5 Å². The molecule has 4 nitrogen and oxygen atoms in total. The summed E-state index contributed by atoms with van der Waals surface area (Å²) in [6.07, 6.45) is 6.57. The molecule has 1 aliphatic carbocycles. The van der Waals surface area contributed by atoms with Gasteiger partial charge in [0.25, 0.3) is 0 Å². The Morgan fingerprint density at radius 3 is 2.57 bits per heavy atom. The molecule has 1 amide bonds. The molecule has 2 rings (SSSR count). The predicted octanol–water partition coefficient (Wildman–Crippen LogP) is 2.61. The van der Waals surface area contributed by atoms with E-state index in [2.05, 4.69) is 5.32 Å². The molecule has 0 saturated heterocycles. The Hall–Kier alpha value is -1.55. The molecule has 0 radical (unpaired) electrons. The van der Waals surface area contributed by atoms with Gasteiger partial charge in [0.05, 0.1) is 6.10 Å². The molecule has 0 bridgehead atoms. The Kier molecular flexibility index (Phi) is 6.05. The lowest BCUT2D eigenvalue weighted by Gasteiger charge is -2.23. The lowest BCUT2D eigenvalue weighted by Crippen LogP contribution is -2.32. The fourth-order valence-electron chi connectivity index (χ4n) is 2.53. The third-order valence-electron chi connectivity index (χ3n) is 4.05. The largest absolute Gasteiger partial charge is 0.490 e. The van der Waals surface area contributed by atoms with Gasteiger partial charge < -0.3 is 15.8 Å². The lowest BCUT2D eigenvalue weighted by atomic mass is 9.98. The summed E-state index contributed by atoms with van der Waals surface area (Å²) in [5.41, 5.74) is 6.55. The van der Waals surface area contributed by atoms with Crippen LogP contribution in [0.4, 0.5) is 0 Å². The molecule has 1 saturated carbocycles. The minimum atomic E-state index is -0.140. The van der Waals surface area contributed by atoms with Gasteiger partial charge in [-0.3, -0.25) is 4.79 Å². The molecule has 4 heteroatoms. The fraction of sp³-hybridized carbons (Fsp3) is 0.588. The molecular formula is C17H26N2O2. The van der Waals surface area contributed by atoms with Crippen molar-refractivity contribution in [2.75, 3.05) is 6.54 Å². The number of amides is 1. The summed E-state index contributed by atoms with van der Waals surface area (Å²) in [4.78, 5) is 11.7. The van der Waals surface area contributed by atoms with Crippen LogP contribution in [0, 0.1) is 5.92 Å². The van der Waals surface area contributed by atoms with Gasteiger partial charge in [0.2, 0.25) is 5.91 Å². The maximum Gasteiger partial charge on any atom is 0.224 e. The minimum Gasteiger partial charge on any atom is -0.490 e. The summed E-state index contributed by atoms with van der Waals surface area (Å²) in [5, 5.41) is 2.89. The zero-order chi connectivity index (χ0) is 15.1. The first kappa shape index (κ1) is 15.8. The van der Waals surface area contributed by atoms with Crippen LogP contribution in [0.1, 0.15) is 44.6 Å². The second kappa shape index (κ2) is 8.03. The molecule has 1 aliphatic rings. The fourth-order valence-corrected chi connectivity index (χ4v) is 2.53. The van der Waals surface area contributed by atoms with Gasteiger partial charge in [0.1, 0.15) is 5.75 Å². The Morgan fingerprint density at radius 1 is 1.29 bits per heavy atom. The number of benzene rings is 1. The molecule has 1 unspecified atom stereocenters. The van der Waals surface area contributed by atoms with E-state index >= 15 is 0 Å². The van der Waals surface area contributed by atoms with Crippen LogP contribution in [0.2, 0.25) is 0 Å². The number of rotatable bonds is 6. The highest BCUT2D eigenvalue weighted by molar-refractivity contribution is 5.78. The highest BCUT2D eigenvalue weighted by Crippen LogP contribution is 2.23. The van der Waals surface area contributed by atoms with Crippen LogP contribution >= 0.6 is 0 Å². The summed E-state index contributed by atoms with van der Waals surface area (Å²) in [6.45, 7) is 2.74. The summed E-state index contributed by atoms with van der Waals surface area (Å²) in [5.74, 6) is 0.784. The smallest absolute Gasteiger partial charge is 0.224 e. The Bertz CT molecular complexity index is 439. The second-order valence-corrected chi connectivity index (χ2v) is 5.88. The van der Waals surface area contributed by atoms with Crippen molar-refractivity contribution >= 4 is 5.91 Å². The number of carbonyl (C=O) groups is 1. The van der Waals surface area contributed by atoms with Gasteiger partial charge in [-0.15, -0.1) is 0 Å². The second-order valence-electron chi connectivity index (χ2n) is 5.88. The van der Waals surface area contributed by atoms with Crippen LogP contribution in [-0.2, 0) is 11.3 Å². The van der Waals surface area contributed by atoms with Gasteiger partial charge >= 0.3 is 0 Å². The minimum absolute atomic E-state index is 0.0000298. The first-order chi connectivity index (χ1) is 10.2. The molecule has 1 aromatic carbocycles. The summed E-state index contributed by atoms with van der Waals surface area (Å²) in [6, 6.07) is 7.99. The van der Waals surface area contributed by atoms with Crippen LogP contribution in [0.3, 0.4) is 0 Å². The van der Waals surface area contributed by atoms with Crippen LogP contribution in [0.25, 0.3) is 0 Å². The van der Waals surface area contributed by atoms with Gasteiger partial charge in [0.15, 0.2) is 0 Å². The number of ether oxygens (including phenoxy) is 1.